The zero-order chi connectivity index (χ0) is 17.2. The Kier molecular flexibility index (Phi) is 4.33. The lowest BCUT2D eigenvalue weighted by Crippen LogP contribution is -2.48. The maximum absolute atomic E-state index is 6.15. The number of likely N-dealkylation sites (N-methyl/N-ethyl adjacent to an activating group) is 2. The van der Waals surface area contributed by atoms with Crippen LogP contribution in [0.5, 0.6) is 0 Å². The molecule has 25 heavy (non-hydrogen) atoms. The van der Waals surface area contributed by atoms with Crippen LogP contribution < -0.4 is 4.90 Å². The number of anilines is 1. The molecule has 130 valence electrons. The molecule has 3 aromatic rings. The van der Waals surface area contributed by atoms with Crippen LogP contribution in [0, 0.1) is 0 Å². The van der Waals surface area contributed by atoms with Crippen molar-refractivity contribution in [2.75, 3.05) is 38.7 Å². The fraction of sp³-hybridized carbons (Fsp3) is 0.389. The molecule has 0 aliphatic carbocycles. The number of nitrogens with one attached hydrogen (secondary N) is 1. The monoisotopic (exact) mass is 338 g/mol. The fourth-order valence-electron chi connectivity index (χ4n) is 3.53. The fourth-order valence-corrected chi connectivity index (χ4v) is 3.53. The number of benzene rings is 1. The first kappa shape index (κ1) is 16.0. The van der Waals surface area contributed by atoms with E-state index in [0.717, 1.165) is 31.0 Å². The van der Waals surface area contributed by atoms with E-state index in [1.807, 2.05) is 13.1 Å². The van der Waals surface area contributed by atoms with Gasteiger partial charge in [0.05, 0.1) is 25.1 Å². The summed E-state index contributed by atoms with van der Waals surface area (Å²) in [5.74, 6) is 0.839. The highest BCUT2D eigenvalue weighted by Crippen LogP contribution is 2.30. The number of ether oxygens (including phenoxy) is 1. The quantitative estimate of drug-likeness (QED) is 0.783. The summed E-state index contributed by atoms with van der Waals surface area (Å²) in [4.78, 5) is 20.4. The van der Waals surface area contributed by atoms with Gasteiger partial charge in [0.25, 0.3) is 0 Å². The summed E-state index contributed by atoms with van der Waals surface area (Å²) in [6.07, 6.45) is 3.25. The van der Waals surface area contributed by atoms with Crippen molar-refractivity contribution in [1.82, 2.24) is 24.8 Å². The number of imidazole rings is 1. The zero-order valence-corrected chi connectivity index (χ0v) is 14.5. The van der Waals surface area contributed by atoms with Crippen molar-refractivity contribution in [3.05, 3.63) is 48.5 Å². The second-order valence-electron chi connectivity index (χ2n) is 6.42. The van der Waals surface area contributed by atoms with Gasteiger partial charge >= 0.3 is 0 Å². The largest absolute Gasteiger partial charge is 0.373 e. The maximum atomic E-state index is 6.15. The number of aromatic amines is 1. The van der Waals surface area contributed by atoms with E-state index in [1.54, 1.807) is 12.7 Å². The van der Waals surface area contributed by atoms with Crippen LogP contribution in [0.2, 0.25) is 0 Å². The summed E-state index contributed by atoms with van der Waals surface area (Å²) in [6, 6.07) is 10.8. The van der Waals surface area contributed by atoms with Crippen molar-refractivity contribution >= 4 is 17.0 Å². The van der Waals surface area contributed by atoms with Gasteiger partial charge in [0.15, 0.2) is 11.5 Å². The molecule has 0 amide bonds. The number of morpholine rings is 1. The van der Waals surface area contributed by atoms with Crippen LogP contribution in [-0.2, 0) is 4.74 Å². The maximum Gasteiger partial charge on any atom is 0.182 e. The Morgan fingerprint density at radius 3 is 2.92 bits per heavy atom. The van der Waals surface area contributed by atoms with Gasteiger partial charge < -0.3 is 14.6 Å². The number of fused-ring (bicyclic) bond motifs is 1. The van der Waals surface area contributed by atoms with Gasteiger partial charge in [0.1, 0.15) is 11.8 Å². The summed E-state index contributed by atoms with van der Waals surface area (Å²) in [5.41, 5.74) is 2.81. The van der Waals surface area contributed by atoms with Crippen molar-refractivity contribution < 1.29 is 4.74 Å². The third-order valence-corrected chi connectivity index (χ3v) is 4.76. The highest BCUT2D eigenvalue weighted by Gasteiger charge is 2.32. The molecule has 1 N–H and O–H groups in total. The smallest absolute Gasteiger partial charge is 0.182 e. The van der Waals surface area contributed by atoms with Crippen LogP contribution in [0.25, 0.3) is 11.2 Å². The molecule has 0 bridgehead atoms. The van der Waals surface area contributed by atoms with E-state index >= 15 is 0 Å². The minimum Gasteiger partial charge on any atom is -0.373 e. The standard InChI is InChI=1S/C18H22N6O/c1-23-8-9-25-14(16(23)13-6-4-3-5-7-13)10-24(2)18-15-17(20-11-19-15)21-12-22-18/h3-7,11-12,14,16H,8-10H2,1-2H3,(H,19,20,21,22)/t14-,16-/m0/s1. The van der Waals surface area contributed by atoms with Gasteiger partial charge in [-0.15, -0.1) is 0 Å². The Labute approximate surface area is 146 Å². The van der Waals surface area contributed by atoms with Crippen molar-refractivity contribution in [1.29, 1.82) is 0 Å². The van der Waals surface area contributed by atoms with Crippen LogP contribution >= 0.6 is 0 Å². The lowest BCUT2D eigenvalue weighted by Gasteiger charge is -2.41. The van der Waals surface area contributed by atoms with E-state index in [1.165, 1.54) is 5.56 Å². The number of hydrogen-bond donors (Lipinski definition) is 1. The molecular formula is C18H22N6O. The predicted molar refractivity (Wildman–Crippen MR) is 96.5 cm³/mol. The molecule has 7 nitrogen and oxygen atoms in total. The first-order valence-corrected chi connectivity index (χ1v) is 8.46. The van der Waals surface area contributed by atoms with E-state index in [2.05, 4.69) is 61.0 Å². The molecule has 7 heteroatoms. The lowest BCUT2D eigenvalue weighted by atomic mass is 9.98. The van der Waals surface area contributed by atoms with Gasteiger partial charge in [-0.3, -0.25) is 4.90 Å². The molecule has 1 saturated heterocycles. The third kappa shape index (κ3) is 3.08. The number of nitrogens with zero attached hydrogens (tertiary/aromatic N) is 5. The average Bonchev–Trinajstić information content (AvgIpc) is 3.11. The van der Waals surface area contributed by atoms with Crippen molar-refractivity contribution in [3.8, 4) is 0 Å². The van der Waals surface area contributed by atoms with Gasteiger partial charge in [-0.05, 0) is 12.6 Å². The third-order valence-electron chi connectivity index (χ3n) is 4.76. The van der Waals surface area contributed by atoms with Crippen molar-refractivity contribution in [2.45, 2.75) is 12.1 Å². The molecule has 0 radical (unpaired) electrons. The number of rotatable bonds is 4. The van der Waals surface area contributed by atoms with Crippen LogP contribution in [0.4, 0.5) is 5.82 Å². The van der Waals surface area contributed by atoms with Gasteiger partial charge in [-0.1, -0.05) is 30.3 Å². The van der Waals surface area contributed by atoms with Crippen molar-refractivity contribution in [3.63, 3.8) is 0 Å². The molecule has 1 aromatic carbocycles. The molecule has 1 fully saturated rings. The molecule has 1 aliphatic heterocycles. The second kappa shape index (κ2) is 6.78. The molecule has 4 rings (SSSR count). The normalized spacial score (nSPS) is 21.5. The number of aromatic nitrogens is 4. The first-order chi connectivity index (χ1) is 12.2. The zero-order valence-electron chi connectivity index (χ0n) is 14.5. The second-order valence-corrected chi connectivity index (χ2v) is 6.42. The molecular weight excluding hydrogens is 316 g/mol. The minimum atomic E-state index is 0.0547. The summed E-state index contributed by atoms with van der Waals surface area (Å²) in [7, 11) is 4.19. The summed E-state index contributed by atoms with van der Waals surface area (Å²) >= 11 is 0. The van der Waals surface area contributed by atoms with Gasteiger partial charge in [-0.2, -0.15) is 0 Å². The summed E-state index contributed by atoms with van der Waals surface area (Å²) in [6.45, 7) is 2.40. The van der Waals surface area contributed by atoms with Gasteiger partial charge in [-0.25, -0.2) is 15.0 Å². The molecule has 2 atom stereocenters. The molecule has 2 aromatic heterocycles. The molecule has 0 spiro atoms. The Morgan fingerprint density at radius 2 is 2.08 bits per heavy atom. The van der Waals surface area contributed by atoms with E-state index in [9.17, 15) is 0 Å². The lowest BCUT2D eigenvalue weighted by molar-refractivity contribution is -0.0580. The molecule has 0 saturated carbocycles. The Morgan fingerprint density at radius 1 is 1.24 bits per heavy atom. The van der Waals surface area contributed by atoms with Gasteiger partial charge in [0, 0.05) is 20.1 Å². The van der Waals surface area contributed by atoms with Crippen LogP contribution in [0.3, 0.4) is 0 Å². The van der Waals surface area contributed by atoms with Gasteiger partial charge in [0.2, 0.25) is 0 Å². The average molecular weight is 338 g/mol. The summed E-state index contributed by atoms with van der Waals surface area (Å²) in [5, 5.41) is 0. The highest BCUT2D eigenvalue weighted by atomic mass is 16.5. The van der Waals surface area contributed by atoms with Crippen LogP contribution in [-0.4, -0.2) is 64.7 Å². The highest BCUT2D eigenvalue weighted by molar-refractivity contribution is 5.82. The topological polar surface area (TPSA) is 70.2 Å². The Bertz CT molecular complexity index is 836. The molecule has 0 unspecified atom stereocenters. The predicted octanol–water partition coefficient (Wildman–Crippen LogP) is 1.86. The minimum absolute atomic E-state index is 0.0547. The Hall–Kier alpha value is -2.51. The van der Waals surface area contributed by atoms with E-state index in [-0.39, 0.29) is 12.1 Å². The first-order valence-electron chi connectivity index (χ1n) is 8.46. The van der Waals surface area contributed by atoms with Crippen LogP contribution in [0.15, 0.2) is 43.0 Å². The van der Waals surface area contributed by atoms with E-state index < -0.39 is 0 Å². The summed E-state index contributed by atoms with van der Waals surface area (Å²) < 4.78 is 6.15. The number of hydrogen-bond acceptors (Lipinski definition) is 6. The Balaban J connectivity index is 1.60. The van der Waals surface area contributed by atoms with Crippen molar-refractivity contribution in [2.24, 2.45) is 0 Å². The van der Waals surface area contributed by atoms with E-state index in [4.69, 9.17) is 4.74 Å². The molecule has 1 aliphatic rings. The SMILES string of the molecule is CN(C[C@@H]1OCCN(C)[C@H]1c1ccccc1)c1ncnc2nc[nH]c12. The number of H-pyrrole nitrogens is 1. The molecule has 3 heterocycles. The van der Waals surface area contributed by atoms with Crippen LogP contribution in [0.1, 0.15) is 11.6 Å². The van der Waals surface area contributed by atoms with E-state index in [0.29, 0.717) is 5.65 Å².